The van der Waals surface area contributed by atoms with E-state index in [-0.39, 0.29) is 36.6 Å². The SMILES string of the molecule is Cl.Cl.O=C(CCC1CCNC1)Nc1cccc(NC(=O)CN2CCCCCC2)c1. The molecule has 2 aliphatic heterocycles. The molecule has 29 heavy (non-hydrogen) atoms. The van der Waals surface area contributed by atoms with Crippen LogP contribution in [0.15, 0.2) is 24.3 Å². The summed E-state index contributed by atoms with van der Waals surface area (Å²) in [6.07, 6.45) is 7.49. The molecule has 0 saturated carbocycles. The molecule has 2 fully saturated rings. The molecule has 6 nitrogen and oxygen atoms in total. The third-order valence-electron chi connectivity index (χ3n) is 5.44. The van der Waals surface area contributed by atoms with Crippen molar-refractivity contribution in [1.82, 2.24) is 10.2 Å². The zero-order chi connectivity index (χ0) is 18.9. The van der Waals surface area contributed by atoms with Crippen LogP contribution in [0, 0.1) is 5.92 Å². The minimum Gasteiger partial charge on any atom is -0.326 e. The molecule has 3 rings (SSSR count). The van der Waals surface area contributed by atoms with E-state index in [2.05, 4.69) is 20.9 Å². The summed E-state index contributed by atoms with van der Waals surface area (Å²) in [5.74, 6) is 0.657. The number of halogens is 2. The Kier molecular flexibility index (Phi) is 12.2. The largest absolute Gasteiger partial charge is 0.326 e. The quantitative estimate of drug-likeness (QED) is 0.599. The summed E-state index contributed by atoms with van der Waals surface area (Å²) in [6, 6.07) is 7.41. The van der Waals surface area contributed by atoms with Crippen LogP contribution in [0.4, 0.5) is 11.4 Å². The molecule has 164 valence electrons. The number of hydrogen-bond donors (Lipinski definition) is 3. The molecule has 0 radical (unpaired) electrons. The molecule has 1 atom stereocenters. The normalized spacial score (nSPS) is 19.4. The predicted octanol–water partition coefficient (Wildman–Crippen LogP) is 3.67. The van der Waals surface area contributed by atoms with Gasteiger partial charge in [0.05, 0.1) is 6.54 Å². The molecule has 1 aromatic carbocycles. The Hall–Kier alpha value is -1.34. The molecule has 1 aromatic rings. The van der Waals surface area contributed by atoms with E-state index in [1.54, 1.807) is 0 Å². The fourth-order valence-corrected chi connectivity index (χ4v) is 3.89. The Balaban J connectivity index is 0.00000210. The highest BCUT2D eigenvalue weighted by atomic mass is 35.5. The van der Waals surface area contributed by atoms with Crippen LogP contribution in [-0.4, -0.2) is 49.4 Å². The van der Waals surface area contributed by atoms with Crippen molar-refractivity contribution in [2.45, 2.75) is 44.9 Å². The van der Waals surface area contributed by atoms with E-state index in [0.717, 1.165) is 50.4 Å². The zero-order valence-electron chi connectivity index (χ0n) is 17.0. The molecular formula is C21H34Cl2N4O2. The highest BCUT2D eigenvalue weighted by Crippen LogP contribution is 2.18. The smallest absolute Gasteiger partial charge is 0.238 e. The number of rotatable bonds is 7. The van der Waals surface area contributed by atoms with Crippen molar-refractivity contribution < 1.29 is 9.59 Å². The third-order valence-corrected chi connectivity index (χ3v) is 5.44. The number of carbonyl (C=O) groups is 2. The number of anilines is 2. The maximum Gasteiger partial charge on any atom is 0.238 e. The third kappa shape index (κ3) is 9.34. The van der Waals surface area contributed by atoms with E-state index in [1.807, 2.05) is 24.3 Å². The first-order valence-electron chi connectivity index (χ1n) is 10.3. The number of benzene rings is 1. The fraction of sp³-hybridized carbons (Fsp3) is 0.619. The molecule has 1 unspecified atom stereocenters. The first-order chi connectivity index (χ1) is 13.2. The molecule has 2 aliphatic rings. The van der Waals surface area contributed by atoms with Crippen molar-refractivity contribution in [3.05, 3.63) is 24.3 Å². The van der Waals surface area contributed by atoms with Gasteiger partial charge in [-0.05, 0) is 76.0 Å². The van der Waals surface area contributed by atoms with Crippen LogP contribution in [0.5, 0.6) is 0 Å². The number of amides is 2. The fourth-order valence-electron chi connectivity index (χ4n) is 3.89. The second-order valence-electron chi connectivity index (χ2n) is 7.77. The van der Waals surface area contributed by atoms with Crippen LogP contribution < -0.4 is 16.0 Å². The Morgan fingerprint density at radius 2 is 1.66 bits per heavy atom. The molecule has 2 amide bonds. The van der Waals surface area contributed by atoms with Gasteiger partial charge in [0.15, 0.2) is 0 Å². The molecular weight excluding hydrogens is 411 g/mol. The number of likely N-dealkylation sites (tertiary alicyclic amines) is 1. The predicted molar refractivity (Wildman–Crippen MR) is 123 cm³/mol. The topological polar surface area (TPSA) is 73.5 Å². The Morgan fingerprint density at radius 3 is 2.28 bits per heavy atom. The van der Waals surface area contributed by atoms with Crippen LogP contribution >= 0.6 is 24.8 Å². The summed E-state index contributed by atoms with van der Waals surface area (Å²) in [6.45, 7) is 4.52. The van der Waals surface area contributed by atoms with Crippen molar-refractivity contribution in [1.29, 1.82) is 0 Å². The molecule has 0 aliphatic carbocycles. The Morgan fingerprint density at radius 1 is 1.00 bits per heavy atom. The van der Waals surface area contributed by atoms with Crippen molar-refractivity contribution in [3.63, 3.8) is 0 Å². The lowest BCUT2D eigenvalue weighted by atomic mass is 10.0. The summed E-state index contributed by atoms with van der Waals surface area (Å²) in [5, 5.41) is 9.24. The van der Waals surface area contributed by atoms with E-state index >= 15 is 0 Å². The summed E-state index contributed by atoms with van der Waals surface area (Å²) in [5.41, 5.74) is 1.46. The first kappa shape index (κ1) is 25.7. The Labute approximate surface area is 186 Å². The maximum absolute atomic E-state index is 12.3. The summed E-state index contributed by atoms with van der Waals surface area (Å²) in [4.78, 5) is 26.7. The van der Waals surface area contributed by atoms with Crippen molar-refractivity contribution in [2.24, 2.45) is 5.92 Å². The minimum atomic E-state index is 0. The van der Waals surface area contributed by atoms with Crippen LogP contribution in [-0.2, 0) is 9.59 Å². The van der Waals surface area contributed by atoms with E-state index in [0.29, 0.717) is 18.9 Å². The zero-order valence-corrected chi connectivity index (χ0v) is 18.6. The highest BCUT2D eigenvalue weighted by Gasteiger charge is 2.16. The first-order valence-corrected chi connectivity index (χ1v) is 10.3. The lowest BCUT2D eigenvalue weighted by Crippen LogP contribution is -2.33. The molecule has 0 spiro atoms. The maximum atomic E-state index is 12.3. The summed E-state index contributed by atoms with van der Waals surface area (Å²) in [7, 11) is 0. The van der Waals surface area contributed by atoms with Crippen LogP contribution in [0.3, 0.4) is 0 Å². The summed E-state index contributed by atoms with van der Waals surface area (Å²) >= 11 is 0. The van der Waals surface area contributed by atoms with Crippen molar-refractivity contribution in [2.75, 3.05) is 43.4 Å². The average Bonchev–Trinajstić information content (AvgIpc) is 3.04. The molecule has 0 aromatic heterocycles. The van der Waals surface area contributed by atoms with Gasteiger partial charge < -0.3 is 16.0 Å². The number of nitrogens with zero attached hydrogens (tertiary/aromatic N) is 1. The second kappa shape index (κ2) is 13.8. The average molecular weight is 445 g/mol. The van der Waals surface area contributed by atoms with E-state index < -0.39 is 0 Å². The van der Waals surface area contributed by atoms with Gasteiger partial charge in [-0.2, -0.15) is 0 Å². The van der Waals surface area contributed by atoms with Gasteiger partial charge in [-0.3, -0.25) is 14.5 Å². The van der Waals surface area contributed by atoms with Crippen molar-refractivity contribution >= 4 is 48.0 Å². The number of nitrogens with one attached hydrogen (secondary N) is 3. The van der Waals surface area contributed by atoms with Gasteiger partial charge in [0.2, 0.25) is 11.8 Å². The molecule has 2 saturated heterocycles. The Bertz CT molecular complexity index is 631. The van der Waals surface area contributed by atoms with Crippen LogP contribution in [0.1, 0.15) is 44.9 Å². The molecule has 0 bridgehead atoms. The van der Waals surface area contributed by atoms with Gasteiger partial charge in [-0.25, -0.2) is 0 Å². The summed E-state index contributed by atoms with van der Waals surface area (Å²) < 4.78 is 0. The molecule has 8 heteroatoms. The highest BCUT2D eigenvalue weighted by molar-refractivity contribution is 5.94. The standard InChI is InChI=1S/C21H32N4O2.2ClH/c26-20(9-8-17-10-11-22-15-17)23-18-6-5-7-19(14-18)24-21(27)16-25-12-3-1-2-4-13-25;;/h5-7,14,17,22H,1-4,8-13,15-16H2,(H,23,26)(H,24,27);2*1H. The minimum absolute atomic E-state index is 0. The lowest BCUT2D eigenvalue weighted by Gasteiger charge is -2.19. The molecule has 3 N–H and O–H groups in total. The number of hydrogen-bond acceptors (Lipinski definition) is 4. The van der Waals surface area contributed by atoms with Gasteiger partial charge in [0.25, 0.3) is 0 Å². The van der Waals surface area contributed by atoms with Gasteiger partial charge in [-0.15, -0.1) is 24.8 Å². The van der Waals surface area contributed by atoms with E-state index in [4.69, 9.17) is 0 Å². The van der Waals surface area contributed by atoms with Crippen LogP contribution in [0.25, 0.3) is 0 Å². The van der Waals surface area contributed by atoms with Gasteiger partial charge >= 0.3 is 0 Å². The molecule has 2 heterocycles. The lowest BCUT2D eigenvalue weighted by molar-refractivity contribution is -0.117. The monoisotopic (exact) mass is 444 g/mol. The van der Waals surface area contributed by atoms with Crippen LogP contribution in [0.2, 0.25) is 0 Å². The number of carbonyl (C=O) groups excluding carboxylic acids is 2. The van der Waals surface area contributed by atoms with E-state index in [1.165, 1.54) is 25.7 Å². The second-order valence-corrected chi connectivity index (χ2v) is 7.77. The van der Waals surface area contributed by atoms with Gasteiger partial charge in [0.1, 0.15) is 0 Å². The van der Waals surface area contributed by atoms with Gasteiger partial charge in [-0.1, -0.05) is 18.9 Å². The van der Waals surface area contributed by atoms with Crippen molar-refractivity contribution in [3.8, 4) is 0 Å². The van der Waals surface area contributed by atoms with E-state index in [9.17, 15) is 9.59 Å². The van der Waals surface area contributed by atoms with Gasteiger partial charge in [0, 0.05) is 17.8 Å².